The van der Waals surface area contributed by atoms with Crippen LogP contribution in [0.3, 0.4) is 0 Å². The quantitative estimate of drug-likeness (QED) is 0.833. The Balaban J connectivity index is 1.67. The van der Waals surface area contributed by atoms with Gasteiger partial charge in [-0.05, 0) is 30.7 Å². The third kappa shape index (κ3) is 3.10. The smallest absolute Gasteiger partial charge is 0.122 e. The molecular weight excluding hydrogens is 246 g/mol. The van der Waals surface area contributed by atoms with Gasteiger partial charge in [0, 0.05) is 25.0 Å². The zero-order valence-electron chi connectivity index (χ0n) is 12.1. The molecule has 2 aromatic rings. The van der Waals surface area contributed by atoms with Gasteiger partial charge in [-0.2, -0.15) is 0 Å². The minimum Gasteiger partial charge on any atom is -0.334 e. The molecule has 1 aromatic heterocycles. The number of rotatable bonds is 7. The highest BCUT2D eigenvalue weighted by Crippen LogP contribution is 2.41. The second-order valence-corrected chi connectivity index (χ2v) is 5.64. The fourth-order valence-corrected chi connectivity index (χ4v) is 2.80. The van der Waals surface area contributed by atoms with Crippen molar-refractivity contribution in [3.8, 4) is 0 Å². The molecule has 0 radical (unpaired) electrons. The van der Waals surface area contributed by atoms with Crippen LogP contribution in [-0.4, -0.2) is 9.55 Å². The van der Waals surface area contributed by atoms with Crippen LogP contribution >= 0.6 is 0 Å². The molecule has 0 spiro atoms. The standard InChI is InChI=1S/C17H23N3/c1-2-11-20-12-10-18-16(20)13-19-17(15-8-9-15)14-6-4-3-5-7-14/h3-7,10,12,15,17,19H,2,8-9,11,13H2,1H3. The predicted octanol–water partition coefficient (Wildman–Crippen LogP) is 3.53. The van der Waals surface area contributed by atoms with Crippen molar-refractivity contribution in [1.29, 1.82) is 0 Å². The second-order valence-electron chi connectivity index (χ2n) is 5.64. The van der Waals surface area contributed by atoms with Gasteiger partial charge in [0.1, 0.15) is 5.82 Å². The Labute approximate surface area is 121 Å². The van der Waals surface area contributed by atoms with Crippen molar-refractivity contribution in [2.24, 2.45) is 5.92 Å². The van der Waals surface area contributed by atoms with E-state index in [9.17, 15) is 0 Å². The normalized spacial score (nSPS) is 16.2. The largest absolute Gasteiger partial charge is 0.334 e. The van der Waals surface area contributed by atoms with Crippen LogP contribution in [0, 0.1) is 5.92 Å². The topological polar surface area (TPSA) is 29.9 Å². The maximum Gasteiger partial charge on any atom is 0.122 e. The number of imidazole rings is 1. The zero-order chi connectivity index (χ0) is 13.8. The highest BCUT2D eigenvalue weighted by atomic mass is 15.1. The Morgan fingerprint density at radius 2 is 2.10 bits per heavy atom. The van der Waals surface area contributed by atoms with Crippen molar-refractivity contribution in [3.63, 3.8) is 0 Å². The monoisotopic (exact) mass is 269 g/mol. The Kier molecular flexibility index (Phi) is 4.16. The van der Waals surface area contributed by atoms with Crippen LogP contribution < -0.4 is 5.32 Å². The van der Waals surface area contributed by atoms with Gasteiger partial charge in [-0.15, -0.1) is 0 Å². The first kappa shape index (κ1) is 13.4. The van der Waals surface area contributed by atoms with E-state index in [0.717, 1.165) is 31.3 Å². The summed E-state index contributed by atoms with van der Waals surface area (Å²) in [5.41, 5.74) is 1.41. The molecule has 1 saturated carbocycles. The number of nitrogens with zero attached hydrogens (tertiary/aromatic N) is 2. The summed E-state index contributed by atoms with van der Waals surface area (Å²) in [7, 11) is 0. The molecule has 1 aromatic carbocycles. The zero-order valence-corrected chi connectivity index (χ0v) is 12.1. The van der Waals surface area contributed by atoms with E-state index in [1.807, 2.05) is 6.20 Å². The van der Waals surface area contributed by atoms with E-state index in [4.69, 9.17) is 0 Å². The van der Waals surface area contributed by atoms with Gasteiger partial charge in [0.15, 0.2) is 0 Å². The van der Waals surface area contributed by atoms with E-state index in [-0.39, 0.29) is 0 Å². The fourth-order valence-electron chi connectivity index (χ4n) is 2.80. The molecule has 3 heteroatoms. The van der Waals surface area contributed by atoms with Gasteiger partial charge in [0.05, 0.1) is 6.54 Å². The SMILES string of the molecule is CCCn1ccnc1CNC(c1ccccc1)C1CC1. The highest BCUT2D eigenvalue weighted by Gasteiger charge is 2.31. The third-order valence-electron chi connectivity index (χ3n) is 4.00. The first-order valence-electron chi connectivity index (χ1n) is 7.67. The summed E-state index contributed by atoms with van der Waals surface area (Å²) in [4.78, 5) is 4.48. The molecule has 0 bridgehead atoms. The lowest BCUT2D eigenvalue weighted by Crippen LogP contribution is -2.24. The van der Waals surface area contributed by atoms with E-state index in [0.29, 0.717) is 6.04 Å². The molecule has 0 saturated heterocycles. The number of nitrogens with one attached hydrogen (secondary N) is 1. The van der Waals surface area contributed by atoms with Gasteiger partial charge >= 0.3 is 0 Å². The minimum absolute atomic E-state index is 0.475. The molecule has 1 fully saturated rings. The van der Waals surface area contributed by atoms with Gasteiger partial charge < -0.3 is 9.88 Å². The molecule has 1 unspecified atom stereocenters. The molecule has 1 aliphatic rings. The van der Waals surface area contributed by atoms with Crippen molar-refractivity contribution in [2.45, 2.75) is 45.3 Å². The Hall–Kier alpha value is -1.61. The average Bonchev–Trinajstić information content (AvgIpc) is 3.22. The van der Waals surface area contributed by atoms with Crippen LogP contribution in [0.5, 0.6) is 0 Å². The van der Waals surface area contributed by atoms with Crippen LogP contribution in [0.25, 0.3) is 0 Å². The average molecular weight is 269 g/mol. The first-order valence-corrected chi connectivity index (χ1v) is 7.67. The lowest BCUT2D eigenvalue weighted by Gasteiger charge is -2.19. The Morgan fingerprint density at radius 1 is 1.30 bits per heavy atom. The molecule has 1 N–H and O–H groups in total. The van der Waals surface area contributed by atoms with E-state index in [1.54, 1.807) is 0 Å². The van der Waals surface area contributed by atoms with Gasteiger partial charge in [0.2, 0.25) is 0 Å². The molecule has 106 valence electrons. The van der Waals surface area contributed by atoms with Gasteiger partial charge in [0.25, 0.3) is 0 Å². The summed E-state index contributed by atoms with van der Waals surface area (Å²) in [6, 6.07) is 11.3. The van der Waals surface area contributed by atoms with Crippen LogP contribution in [0.2, 0.25) is 0 Å². The maximum atomic E-state index is 4.48. The van der Waals surface area contributed by atoms with E-state index in [2.05, 4.69) is 58.3 Å². The molecular formula is C17H23N3. The second kappa shape index (κ2) is 6.23. The van der Waals surface area contributed by atoms with Crippen LogP contribution in [-0.2, 0) is 13.1 Å². The molecule has 3 nitrogen and oxygen atoms in total. The van der Waals surface area contributed by atoms with E-state index >= 15 is 0 Å². The van der Waals surface area contributed by atoms with Crippen molar-refractivity contribution < 1.29 is 0 Å². The summed E-state index contributed by atoms with van der Waals surface area (Å²) in [5.74, 6) is 1.94. The van der Waals surface area contributed by atoms with E-state index < -0.39 is 0 Å². The van der Waals surface area contributed by atoms with Crippen LogP contribution in [0.15, 0.2) is 42.7 Å². The highest BCUT2D eigenvalue weighted by molar-refractivity contribution is 5.21. The Morgan fingerprint density at radius 3 is 2.80 bits per heavy atom. The van der Waals surface area contributed by atoms with Crippen molar-refractivity contribution >= 4 is 0 Å². The number of hydrogen-bond acceptors (Lipinski definition) is 2. The summed E-state index contributed by atoms with van der Waals surface area (Å²) < 4.78 is 2.25. The lowest BCUT2D eigenvalue weighted by atomic mass is 10.0. The summed E-state index contributed by atoms with van der Waals surface area (Å²) >= 11 is 0. The number of aromatic nitrogens is 2. The van der Waals surface area contributed by atoms with Crippen molar-refractivity contribution in [2.75, 3.05) is 0 Å². The maximum absolute atomic E-state index is 4.48. The summed E-state index contributed by atoms with van der Waals surface area (Å²) in [6.07, 6.45) is 7.82. The minimum atomic E-state index is 0.475. The molecule has 1 aliphatic carbocycles. The first-order chi connectivity index (χ1) is 9.88. The lowest BCUT2D eigenvalue weighted by molar-refractivity contribution is 0.462. The summed E-state index contributed by atoms with van der Waals surface area (Å²) in [6.45, 7) is 4.10. The molecule has 1 heterocycles. The molecule has 1 atom stereocenters. The third-order valence-corrected chi connectivity index (χ3v) is 4.00. The van der Waals surface area contributed by atoms with E-state index in [1.165, 1.54) is 18.4 Å². The molecule has 3 rings (SSSR count). The predicted molar refractivity (Wildman–Crippen MR) is 81.3 cm³/mol. The molecule has 0 aliphatic heterocycles. The van der Waals surface area contributed by atoms with Crippen molar-refractivity contribution in [3.05, 3.63) is 54.1 Å². The van der Waals surface area contributed by atoms with Crippen LogP contribution in [0.4, 0.5) is 0 Å². The number of benzene rings is 1. The summed E-state index contributed by atoms with van der Waals surface area (Å²) in [5, 5.41) is 3.72. The Bertz CT molecular complexity index is 528. The number of hydrogen-bond donors (Lipinski definition) is 1. The molecule has 20 heavy (non-hydrogen) atoms. The van der Waals surface area contributed by atoms with Crippen LogP contribution in [0.1, 0.15) is 43.6 Å². The van der Waals surface area contributed by atoms with Gasteiger partial charge in [-0.3, -0.25) is 0 Å². The van der Waals surface area contributed by atoms with Gasteiger partial charge in [-0.1, -0.05) is 37.3 Å². The van der Waals surface area contributed by atoms with Crippen molar-refractivity contribution in [1.82, 2.24) is 14.9 Å². The van der Waals surface area contributed by atoms with Gasteiger partial charge in [-0.25, -0.2) is 4.98 Å². The number of aryl methyl sites for hydroxylation is 1. The fraction of sp³-hybridized carbons (Fsp3) is 0.471. The molecule has 0 amide bonds.